The largest absolute Gasteiger partial charge is 0.396 e. The van der Waals surface area contributed by atoms with Crippen LogP contribution in [0.2, 0.25) is 0 Å². The van der Waals surface area contributed by atoms with Gasteiger partial charge >= 0.3 is 0 Å². The molecular formula is C33H67NO2. The molecule has 1 unspecified atom stereocenters. The predicted molar refractivity (Wildman–Crippen MR) is 159 cm³/mol. The number of hydrogen-bond acceptors (Lipinski definition) is 2. The Balaban J connectivity index is 3.10. The molecule has 0 spiro atoms. The summed E-state index contributed by atoms with van der Waals surface area (Å²) in [6.07, 6.45) is 38.7. The summed E-state index contributed by atoms with van der Waals surface area (Å²) >= 11 is 0. The summed E-state index contributed by atoms with van der Waals surface area (Å²) < 4.78 is 0. The Hall–Kier alpha value is -0.570. The number of amides is 1. The van der Waals surface area contributed by atoms with Crippen LogP contribution in [0.1, 0.15) is 193 Å². The van der Waals surface area contributed by atoms with Crippen molar-refractivity contribution in [2.75, 3.05) is 6.61 Å². The zero-order valence-electron chi connectivity index (χ0n) is 24.7. The van der Waals surface area contributed by atoms with Gasteiger partial charge in [-0.15, -0.1) is 0 Å². The zero-order chi connectivity index (χ0) is 26.4. The maximum absolute atomic E-state index is 10.7. The van der Waals surface area contributed by atoms with Gasteiger partial charge in [0.2, 0.25) is 5.91 Å². The second-order valence-corrected chi connectivity index (χ2v) is 11.7. The van der Waals surface area contributed by atoms with Crippen molar-refractivity contribution in [3.63, 3.8) is 0 Å². The summed E-state index contributed by atoms with van der Waals surface area (Å²) in [6.45, 7) is 2.63. The van der Waals surface area contributed by atoms with Gasteiger partial charge in [0.1, 0.15) is 0 Å². The Labute approximate surface area is 227 Å². The molecule has 0 aromatic carbocycles. The van der Waals surface area contributed by atoms with Crippen LogP contribution in [0.4, 0.5) is 0 Å². The Bertz CT molecular complexity index is 426. The smallest absolute Gasteiger partial charge is 0.217 e. The van der Waals surface area contributed by atoms with Crippen molar-refractivity contribution in [1.82, 2.24) is 0 Å². The molecule has 3 nitrogen and oxygen atoms in total. The third-order valence-corrected chi connectivity index (χ3v) is 8.01. The fourth-order valence-corrected chi connectivity index (χ4v) is 5.44. The van der Waals surface area contributed by atoms with Crippen LogP contribution >= 0.6 is 0 Å². The second kappa shape index (κ2) is 30.7. The van der Waals surface area contributed by atoms with E-state index in [-0.39, 0.29) is 5.91 Å². The van der Waals surface area contributed by atoms with Gasteiger partial charge in [0.15, 0.2) is 0 Å². The van der Waals surface area contributed by atoms with E-state index in [0.29, 0.717) is 18.9 Å². The SMILES string of the molecule is CCCCC(CO)CCCCCCCCCCCCCCCCCCCCCCCCCCC(N)=O. The molecule has 0 bridgehead atoms. The number of hydrogen-bond donors (Lipinski definition) is 2. The molecule has 3 heteroatoms. The Kier molecular flexibility index (Phi) is 30.2. The van der Waals surface area contributed by atoms with E-state index in [0.717, 1.165) is 12.8 Å². The zero-order valence-corrected chi connectivity index (χ0v) is 24.7. The van der Waals surface area contributed by atoms with Crippen molar-refractivity contribution in [2.24, 2.45) is 11.7 Å². The standard InChI is InChI=1S/C33H67NO2/c1-2-3-28-32(31-35)29-26-24-22-20-18-16-14-12-10-8-6-4-5-7-9-11-13-15-17-19-21-23-25-27-30-33(34)36/h32,35H,2-31H2,1H3,(H2,34,36). The molecule has 1 amide bonds. The first-order chi connectivity index (χ1) is 17.7. The Morgan fingerprint density at radius 3 is 1.06 bits per heavy atom. The van der Waals surface area contributed by atoms with E-state index < -0.39 is 0 Å². The van der Waals surface area contributed by atoms with Crippen LogP contribution in [0.25, 0.3) is 0 Å². The summed E-state index contributed by atoms with van der Waals surface area (Å²) in [5.41, 5.74) is 5.16. The van der Waals surface area contributed by atoms with E-state index in [1.807, 2.05) is 0 Å². The molecule has 0 aliphatic heterocycles. The molecule has 216 valence electrons. The van der Waals surface area contributed by atoms with Gasteiger partial charge in [-0.25, -0.2) is 0 Å². The number of nitrogens with two attached hydrogens (primary N) is 1. The first kappa shape index (κ1) is 35.4. The van der Waals surface area contributed by atoms with Gasteiger partial charge in [-0.1, -0.05) is 167 Å². The minimum atomic E-state index is -0.153. The molecule has 0 fully saturated rings. The molecule has 0 aromatic heterocycles. The van der Waals surface area contributed by atoms with Crippen LogP contribution in [-0.2, 0) is 4.79 Å². The number of primary amides is 1. The van der Waals surface area contributed by atoms with Crippen molar-refractivity contribution in [3.8, 4) is 0 Å². The van der Waals surface area contributed by atoms with Gasteiger partial charge in [0.05, 0.1) is 0 Å². The lowest BCUT2D eigenvalue weighted by Crippen LogP contribution is -2.09. The number of aliphatic hydroxyl groups is 1. The van der Waals surface area contributed by atoms with Gasteiger partial charge in [-0.2, -0.15) is 0 Å². The molecule has 1 atom stereocenters. The highest BCUT2D eigenvalue weighted by molar-refractivity contribution is 5.73. The van der Waals surface area contributed by atoms with E-state index in [9.17, 15) is 9.90 Å². The lowest BCUT2D eigenvalue weighted by molar-refractivity contribution is -0.118. The van der Waals surface area contributed by atoms with Crippen molar-refractivity contribution in [2.45, 2.75) is 193 Å². The molecule has 0 heterocycles. The first-order valence-corrected chi connectivity index (χ1v) is 16.6. The maximum Gasteiger partial charge on any atom is 0.217 e. The highest BCUT2D eigenvalue weighted by Gasteiger charge is 2.06. The third-order valence-electron chi connectivity index (χ3n) is 8.01. The van der Waals surface area contributed by atoms with Crippen LogP contribution < -0.4 is 5.73 Å². The predicted octanol–water partition coefficient (Wildman–Crippen LogP) is 10.4. The quantitative estimate of drug-likeness (QED) is 0.0913. The molecule has 0 aliphatic carbocycles. The highest BCUT2D eigenvalue weighted by Crippen LogP contribution is 2.18. The lowest BCUT2D eigenvalue weighted by Gasteiger charge is -2.13. The fraction of sp³-hybridized carbons (Fsp3) is 0.970. The minimum absolute atomic E-state index is 0.153. The Morgan fingerprint density at radius 1 is 0.500 bits per heavy atom. The average molecular weight is 510 g/mol. The second-order valence-electron chi connectivity index (χ2n) is 11.7. The molecule has 0 aromatic rings. The summed E-state index contributed by atoms with van der Waals surface area (Å²) in [7, 11) is 0. The van der Waals surface area contributed by atoms with Crippen LogP contribution in [0, 0.1) is 5.92 Å². The normalized spacial score (nSPS) is 12.3. The number of rotatable bonds is 31. The average Bonchev–Trinajstić information content (AvgIpc) is 2.87. The van der Waals surface area contributed by atoms with Gasteiger partial charge in [0, 0.05) is 13.0 Å². The molecule has 0 rings (SSSR count). The van der Waals surface area contributed by atoms with Crippen molar-refractivity contribution < 1.29 is 9.90 Å². The molecule has 3 N–H and O–H groups in total. The summed E-state index contributed by atoms with van der Waals surface area (Å²) in [4.78, 5) is 10.7. The summed E-state index contributed by atoms with van der Waals surface area (Å²) in [5.74, 6) is 0.412. The lowest BCUT2D eigenvalue weighted by atomic mass is 9.96. The summed E-state index contributed by atoms with van der Waals surface area (Å²) in [6, 6.07) is 0. The van der Waals surface area contributed by atoms with E-state index in [1.165, 1.54) is 167 Å². The van der Waals surface area contributed by atoms with Crippen molar-refractivity contribution in [1.29, 1.82) is 0 Å². The number of unbranched alkanes of at least 4 members (excludes halogenated alkanes) is 24. The van der Waals surface area contributed by atoms with E-state index in [1.54, 1.807) is 0 Å². The van der Waals surface area contributed by atoms with Crippen LogP contribution in [0.5, 0.6) is 0 Å². The maximum atomic E-state index is 10.7. The van der Waals surface area contributed by atoms with E-state index in [2.05, 4.69) is 6.92 Å². The monoisotopic (exact) mass is 510 g/mol. The van der Waals surface area contributed by atoms with Gasteiger partial charge < -0.3 is 10.8 Å². The molecule has 0 saturated carbocycles. The fourth-order valence-electron chi connectivity index (χ4n) is 5.44. The number of aliphatic hydroxyl groups excluding tert-OH is 1. The topological polar surface area (TPSA) is 63.3 Å². The molecule has 36 heavy (non-hydrogen) atoms. The van der Waals surface area contributed by atoms with E-state index >= 15 is 0 Å². The van der Waals surface area contributed by atoms with Crippen LogP contribution in [-0.4, -0.2) is 17.6 Å². The highest BCUT2D eigenvalue weighted by atomic mass is 16.3. The van der Waals surface area contributed by atoms with Crippen LogP contribution in [0.15, 0.2) is 0 Å². The minimum Gasteiger partial charge on any atom is -0.396 e. The van der Waals surface area contributed by atoms with Crippen LogP contribution in [0.3, 0.4) is 0 Å². The molecule has 0 aliphatic rings. The van der Waals surface area contributed by atoms with Gasteiger partial charge in [-0.05, 0) is 25.2 Å². The van der Waals surface area contributed by atoms with Gasteiger partial charge in [-0.3, -0.25) is 4.79 Å². The molecule has 0 saturated heterocycles. The number of carbonyl (C=O) groups is 1. The van der Waals surface area contributed by atoms with Gasteiger partial charge in [0.25, 0.3) is 0 Å². The van der Waals surface area contributed by atoms with E-state index in [4.69, 9.17) is 5.73 Å². The first-order valence-electron chi connectivity index (χ1n) is 16.6. The summed E-state index contributed by atoms with van der Waals surface area (Å²) in [5, 5.41) is 9.44. The van der Waals surface area contributed by atoms with Crippen molar-refractivity contribution in [3.05, 3.63) is 0 Å². The van der Waals surface area contributed by atoms with Crippen molar-refractivity contribution >= 4 is 5.91 Å². The Morgan fingerprint density at radius 2 is 0.778 bits per heavy atom. The number of carbonyl (C=O) groups excluding carboxylic acids is 1. The molecule has 0 radical (unpaired) electrons. The third kappa shape index (κ3) is 29.7. The molecular weight excluding hydrogens is 442 g/mol.